The van der Waals surface area contributed by atoms with Gasteiger partial charge in [0.1, 0.15) is 0 Å². The van der Waals surface area contributed by atoms with Crippen LogP contribution in [0, 0.1) is 0 Å². The Balaban J connectivity index is 1.82. The van der Waals surface area contributed by atoms with Crippen LogP contribution in [0.3, 0.4) is 0 Å². The quantitative estimate of drug-likeness (QED) is 0.745. The molecular formula is C13H17NOS. The van der Waals surface area contributed by atoms with Gasteiger partial charge in [-0.25, -0.2) is 0 Å². The largest absolute Gasteiger partial charge is 0.373 e. The van der Waals surface area contributed by atoms with Crippen LogP contribution in [0.1, 0.15) is 36.1 Å². The lowest BCUT2D eigenvalue weighted by Gasteiger charge is -2.45. The van der Waals surface area contributed by atoms with Crippen LogP contribution in [0.15, 0.2) is 11.4 Å². The van der Waals surface area contributed by atoms with E-state index in [0.717, 1.165) is 6.54 Å². The van der Waals surface area contributed by atoms with Crippen molar-refractivity contribution in [2.75, 3.05) is 6.54 Å². The van der Waals surface area contributed by atoms with Gasteiger partial charge in [0.05, 0.1) is 17.7 Å². The summed E-state index contributed by atoms with van der Waals surface area (Å²) in [5.74, 6) is 0. The summed E-state index contributed by atoms with van der Waals surface area (Å²) in [4.78, 5) is 1.59. The Hall–Kier alpha value is -0.380. The summed E-state index contributed by atoms with van der Waals surface area (Å²) in [6.45, 7) is 1.12. The second-order valence-corrected chi connectivity index (χ2v) is 6.27. The molecule has 3 aliphatic heterocycles. The Morgan fingerprint density at radius 1 is 1.38 bits per heavy atom. The third-order valence-electron chi connectivity index (χ3n) is 4.54. The highest BCUT2D eigenvalue weighted by Crippen LogP contribution is 2.48. The Bertz CT molecular complexity index is 416. The van der Waals surface area contributed by atoms with Gasteiger partial charge in [0.2, 0.25) is 0 Å². The van der Waals surface area contributed by atoms with Crippen LogP contribution in [0.2, 0.25) is 0 Å². The lowest BCUT2D eigenvalue weighted by atomic mass is 9.77. The molecule has 3 unspecified atom stereocenters. The summed E-state index contributed by atoms with van der Waals surface area (Å²) >= 11 is 1.92. The Morgan fingerprint density at radius 3 is 3.38 bits per heavy atom. The topological polar surface area (TPSA) is 21.3 Å². The van der Waals surface area contributed by atoms with E-state index in [1.807, 2.05) is 11.3 Å². The zero-order chi connectivity index (χ0) is 10.6. The Kier molecular flexibility index (Phi) is 1.99. The average molecular weight is 235 g/mol. The second kappa shape index (κ2) is 3.31. The summed E-state index contributed by atoms with van der Waals surface area (Å²) in [7, 11) is 0. The van der Waals surface area contributed by atoms with Gasteiger partial charge in [0.25, 0.3) is 0 Å². The molecule has 2 nitrogen and oxygen atoms in total. The van der Waals surface area contributed by atoms with Crippen LogP contribution in [-0.4, -0.2) is 18.8 Å². The van der Waals surface area contributed by atoms with Gasteiger partial charge in [-0.2, -0.15) is 0 Å². The van der Waals surface area contributed by atoms with E-state index in [-0.39, 0.29) is 5.54 Å². The van der Waals surface area contributed by atoms with Crippen molar-refractivity contribution in [1.29, 1.82) is 0 Å². The Morgan fingerprint density at radius 2 is 2.38 bits per heavy atom. The predicted octanol–water partition coefficient (Wildman–Crippen LogP) is 2.43. The van der Waals surface area contributed by atoms with E-state index in [0.29, 0.717) is 12.2 Å². The van der Waals surface area contributed by atoms with Gasteiger partial charge >= 0.3 is 0 Å². The first-order valence-corrected chi connectivity index (χ1v) is 7.24. The van der Waals surface area contributed by atoms with Crippen LogP contribution >= 0.6 is 11.3 Å². The van der Waals surface area contributed by atoms with Crippen molar-refractivity contribution < 1.29 is 4.74 Å². The molecule has 0 aromatic carbocycles. The van der Waals surface area contributed by atoms with E-state index in [1.165, 1.54) is 32.1 Å². The van der Waals surface area contributed by atoms with Crippen molar-refractivity contribution >= 4 is 11.3 Å². The summed E-state index contributed by atoms with van der Waals surface area (Å²) in [6.07, 6.45) is 7.21. The molecule has 1 spiro atoms. The minimum Gasteiger partial charge on any atom is -0.373 e. The average Bonchev–Trinajstić information content (AvgIpc) is 2.93. The molecule has 16 heavy (non-hydrogen) atoms. The fourth-order valence-electron chi connectivity index (χ4n) is 3.77. The molecule has 0 radical (unpaired) electrons. The van der Waals surface area contributed by atoms with Crippen LogP contribution in [0.4, 0.5) is 0 Å². The molecule has 0 aliphatic carbocycles. The number of thiophene rings is 1. The molecule has 1 aromatic heterocycles. The van der Waals surface area contributed by atoms with Gasteiger partial charge < -0.3 is 10.1 Å². The van der Waals surface area contributed by atoms with Crippen molar-refractivity contribution in [3.8, 4) is 0 Å². The minimum absolute atomic E-state index is 0.167. The normalized spacial score (nSPS) is 41.2. The maximum absolute atomic E-state index is 6.16. The fraction of sp³-hybridized carbons (Fsp3) is 0.692. The number of rotatable bonds is 0. The summed E-state index contributed by atoms with van der Waals surface area (Å²) in [6, 6.07) is 2.33. The molecule has 1 aromatic rings. The molecule has 2 fully saturated rings. The molecule has 3 atom stereocenters. The first kappa shape index (κ1) is 9.63. The van der Waals surface area contributed by atoms with Gasteiger partial charge in [-0.05, 0) is 49.1 Å². The number of hydrogen-bond donors (Lipinski definition) is 1. The van der Waals surface area contributed by atoms with Crippen molar-refractivity contribution in [2.45, 2.75) is 49.9 Å². The molecule has 3 aliphatic rings. The van der Waals surface area contributed by atoms with Gasteiger partial charge in [-0.1, -0.05) is 0 Å². The van der Waals surface area contributed by atoms with Crippen LogP contribution in [-0.2, 0) is 16.7 Å². The molecule has 3 heteroatoms. The molecule has 2 bridgehead atoms. The van der Waals surface area contributed by atoms with Gasteiger partial charge in [-0.3, -0.25) is 0 Å². The van der Waals surface area contributed by atoms with E-state index < -0.39 is 0 Å². The monoisotopic (exact) mass is 235 g/mol. The van der Waals surface area contributed by atoms with Crippen molar-refractivity contribution in [2.24, 2.45) is 0 Å². The van der Waals surface area contributed by atoms with Crippen molar-refractivity contribution in [1.82, 2.24) is 5.32 Å². The van der Waals surface area contributed by atoms with E-state index in [9.17, 15) is 0 Å². The van der Waals surface area contributed by atoms with E-state index in [2.05, 4.69) is 16.8 Å². The molecule has 0 amide bonds. The lowest BCUT2D eigenvalue weighted by Crippen LogP contribution is -2.56. The molecule has 0 saturated carbocycles. The predicted molar refractivity (Wildman–Crippen MR) is 64.8 cm³/mol. The summed E-state index contributed by atoms with van der Waals surface area (Å²) < 4.78 is 6.16. The highest BCUT2D eigenvalue weighted by molar-refractivity contribution is 7.10. The van der Waals surface area contributed by atoms with Crippen LogP contribution < -0.4 is 5.32 Å². The van der Waals surface area contributed by atoms with Gasteiger partial charge in [0.15, 0.2) is 0 Å². The number of nitrogens with one attached hydrogen (secondary N) is 1. The molecule has 4 heterocycles. The lowest BCUT2D eigenvalue weighted by molar-refractivity contribution is -0.0639. The number of fused-ring (bicyclic) bond motifs is 5. The third-order valence-corrected chi connectivity index (χ3v) is 5.52. The van der Waals surface area contributed by atoms with Crippen molar-refractivity contribution in [3.63, 3.8) is 0 Å². The smallest absolute Gasteiger partial charge is 0.0803 e. The first-order valence-electron chi connectivity index (χ1n) is 6.36. The summed E-state index contributed by atoms with van der Waals surface area (Å²) in [5.41, 5.74) is 1.72. The second-order valence-electron chi connectivity index (χ2n) is 5.27. The van der Waals surface area contributed by atoms with E-state index >= 15 is 0 Å². The first-order chi connectivity index (χ1) is 7.88. The van der Waals surface area contributed by atoms with Crippen LogP contribution in [0.5, 0.6) is 0 Å². The number of hydrogen-bond acceptors (Lipinski definition) is 3. The standard InChI is InChI=1S/C13H17NOS/c1-2-12-13(6-3-9(1)15-12)10-5-8-16-11(10)4-7-14-13/h5,8-9,12,14H,1-4,6-7H2. The van der Waals surface area contributed by atoms with Crippen molar-refractivity contribution in [3.05, 3.63) is 21.9 Å². The summed E-state index contributed by atoms with van der Waals surface area (Å²) in [5, 5.41) is 6.04. The molecule has 2 saturated heterocycles. The number of ether oxygens (including phenoxy) is 1. The molecular weight excluding hydrogens is 218 g/mol. The highest BCUT2D eigenvalue weighted by atomic mass is 32.1. The molecule has 1 N–H and O–H groups in total. The molecule has 4 rings (SSSR count). The fourth-order valence-corrected chi connectivity index (χ4v) is 4.73. The zero-order valence-electron chi connectivity index (χ0n) is 9.37. The third kappa shape index (κ3) is 1.14. The highest BCUT2D eigenvalue weighted by Gasteiger charge is 2.50. The van der Waals surface area contributed by atoms with Gasteiger partial charge in [-0.15, -0.1) is 11.3 Å². The molecule has 86 valence electrons. The SMILES string of the molecule is c1cc2c(s1)CCNC21CCC2CCC1O2. The Labute approximate surface area is 100 Å². The van der Waals surface area contributed by atoms with Crippen LogP contribution in [0.25, 0.3) is 0 Å². The minimum atomic E-state index is 0.167. The van der Waals surface area contributed by atoms with Gasteiger partial charge in [0, 0.05) is 11.4 Å². The zero-order valence-corrected chi connectivity index (χ0v) is 10.2. The maximum atomic E-state index is 6.16. The van der Waals surface area contributed by atoms with E-state index in [1.54, 1.807) is 10.4 Å². The van der Waals surface area contributed by atoms with E-state index in [4.69, 9.17) is 4.74 Å². The maximum Gasteiger partial charge on any atom is 0.0803 e.